The Kier molecular flexibility index (Phi) is 18.6. The number of azide groups is 1. The fourth-order valence-electron chi connectivity index (χ4n) is 8.90. The fourth-order valence-corrected chi connectivity index (χ4v) is 8.90. The number of carbonyl (C=O) groups excluding carboxylic acids is 4. The first-order chi connectivity index (χ1) is 34.3. The lowest BCUT2D eigenvalue weighted by molar-refractivity contribution is -0.151. The minimum atomic E-state index is -0.757. The molecule has 71 heavy (non-hydrogen) atoms. The molecule has 2 saturated heterocycles. The molecule has 1 aromatic heterocycles. The molecular formula is C57H56N8O6. The molecule has 2 aliphatic rings. The van der Waals surface area contributed by atoms with Crippen molar-refractivity contribution < 1.29 is 28.7 Å². The van der Waals surface area contributed by atoms with Gasteiger partial charge in [-0.2, -0.15) is 0 Å². The molecule has 0 aliphatic carbocycles. The van der Waals surface area contributed by atoms with Gasteiger partial charge in [-0.05, 0) is 46.3 Å². The Bertz CT molecular complexity index is 2820. The van der Waals surface area contributed by atoms with Gasteiger partial charge in [0.25, 0.3) is 0 Å². The maximum absolute atomic E-state index is 14.1. The standard InChI is InChI=1S/C28H26N4O3.C20H20N4O3.C8H6.CH4/c1-35-28(34)24-17-23(32-25(18-29-30-32)20-11-5-2-6-12-20)19-31(24)27(33)26(21-13-7-3-8-14-21)22-15-9-4-10-16-22;1-27-20(26)17-12-16(22-23-21)13-24(17)19(25)18(14-8-4-2-5-9-14)15-10-6-3-7-11-15;1-2-8-6-4-3-5-7-8;/h2-16,18,23-24,26H,17,19H2,1H3;2-11,16-18H,12-13H2,1H3;1,3-7H;1H4/t23-,24-;16-,17-;;/m00../s1. The van der Waals surface area contributed by atoms with Crippen LogP contribution in [0.15, 0.2) is 193 Å². The van der Waals surface area contributed by atoms with Crippen LogP contribution in [0.4, 0.5) is 0 Å². The van der Waals surface area contributed by atoms with Crippen LogP contribution in [0, 0.1) is 12.3 Å². The van der Waals surface area contributed by atoms with Crippen molar-refractivity contribution in [3.05, 3.63) is 226 Å². The van der Waals surface area contributed by atoms with Gasteiger partial charge < -0.3 is 19.3 Å². The van der Waals surface area contributed by atoms with E-state index in [-0.39, 0.29) is 38.2 Å². The third-order valence-electron chi connectivity index (χ3n) is 12.2. The average molecular weight is 949 g/mol. The molecule has 6 aromatic carbocycles. The van der Waals surface area contributed by atoms with E-state index in [0.717, 1.165) is 39.1 Å². The van der Waals surface area contributed by atoms with Gasteiger partial charge in [-0.25, -0.2) is 14.3 Å². The van der Waals surface area contributed by atoms with Crippen LogP contribution in [0.25, 0.3) is 21.7 Å². The van der Waals surface area contributed by atoms with Crippen molar-refractivity contribution in [3.8, 4) is 23.6 Å². The third kappa shape index (κ3) is 12.7. The van der Waals surface area contributed by atoms with Gasteiger partial charge >= 0.3 is 11.9 Å². The van der Waals surface area contributed by atoms with Gasteiger partial charge in [0, 0.05) is 35.5 Å². The van der Waals surface area contributed by atoms with E-state index in [1.54, 1.807) is 11.1 Å². The second kappa shape index (κ2) is 25.5. The molecule has 2 fully saturated rings. The van der Waals surface area contributed by atoms with Crippen molar-refractivity contribution in [1.82, 2.24) is 24.8 Å². The van der Waals surface area contributed by atoms with E-state index in [9.17, 15) is 19.2 Å². The van der Waals surface area contributed by atoms with Gasteiger partial charge in [0.15, 0.2) is 0 Å². The molecular weight excluding hydrogens is 893 g/mol. The zero-order chi connectivity index (χ0) is 49.2. The van der Waals surface area contributed by atoms with Gasteiger partial charge in [0.1, 0.15) is 12.1 Å². The van der Waals surface area contributed by atoms with Crippen LogP contribution in [0.2, 0.25) is 0 Å². The molecule has 4 atom stereocenters. The number of hydrogen-bond donors (Lipinski definition) is 0. The van der Waals surface area contributed by atoms with Crippen molar-refractivity contribution >= 4 is 23.8 Å². The van der Waals surface area contributed by atoms with E-state index in [2.05, 4.69) is 26.3 Å². The van der Waals surface area contributed by atoms with E-state index < -0.39 is 41.9 Å². The summed E-state index contributed by atoms with van der Waals surface area (Å²) < 4.78 is 11.8. The smallest absolute Gasteiger partial charge is 0.328 e. The van der Waals surface area contributed by atoms with Gasteiger partial charge in [0.05, 0.1) is 50.0 Å². The highest BCUT2D eigenvalue weighted by Crippen LogP contribution is 2.36. The van der Waals surface area contributed by atoms with E-state index in [1.807, 2.05) is 187 Å². The Balaban J connectivity index is 0.000000203. The van der Waals surface area contributed by atoms with Crippen LogP contribution in [0.3, 0.4) is 0 Å². The van der Waals surface area contributed by atoms with Crippen molar-refractivity contribution in [2.24, 2.45) is 5.11 Å². The highest BCUT2D eigenvalue weighted by atomic mass is 16.5. The zero-order valence-corrected chi connectivity index (χ0v) is 38.8. The second-order valence-corrected chi connectivity index (χ2v) is 16.5. The molecule has 0 radical (unpaired) electrons. The Labute approximate surface area is 414 Å². The highest BCUT2D eigenvalue weighted by molar-refractivity contribution is 5.92. The van der Waals surface area contributed by atoms with Gasteiger partial charge in [-0.1, -0.05) is 194 Å². The van der Waals surface area contributed by atoms with Gasteiger partial charge in [-0.15, -0.1) is 11.5 Å². The third-order valence-corrected chi connectivity index (χ3v) is 12.2. The molecule has 3 heterocycles. The van der Waals surface area contributed by atoms with Crippen LogP contribution < -0.4 is 0 Å². The summed E-state index contributed by atoms with van der Waals surface area (Å²) in [6.07, 6.45) is 7.48. The molecule has 14 heteroatoms. The summed E-state index contributed by atoms with van der Waals surface area (Å²) in [5.41, 5.74) is 14.9. The molecule has 9 rings (SSSR count). The lowest BCUT2D eigenvalue weighted by atomic mass is 9.90. The van der Waals surface area contributed by atoms with Crippen LogP contribution in [-0.4, -0.2) is 94.0 Å². The predicted octanol–water partition coefficient (Wildman–Crippen LogP) is 9.67. The topological polar surface area (TPSA) is 173 Å². The number of rotatable bonds is 11. The van der Waals surface area contributed by atoms with Crippen molar-refractivity contribution in [1.29, 1.82) is 0 Å². The summed E-state index contributed by atoms with van der Waals surface area (Å²) in [5.74, 6) is 0.164. The quantitative estimate of drug-likeness (QED) is 0.0405. The van der Waals surface area contributed by atoms with Gasteiger partial charge in [0.2, 0.25) is 11.8 Å². The Morgan fingerprint density at radius 2 is 1.01 bits per heavy atom. The SMILES string of the molecule is C.C#Cc1ccccc1.COC(=O)[C@@H]1C[C@H](N=[N+]=[N-])CN1C(=O)C(c1ccccc1)c1ccccc1.COC(=O)[C@@H]1C[C@H](n2nncc2-c2ccccc2)CN1C(=O)C(c1ccccc1)c1ccccc1. The number of amides is 2. The molecule has 14 nitrogen and oxygen atoms in total. The highest BCUT2D eigenvalue weighted by Gasteiger charge is 2.45. The maximum Gasteiger partial charge on any atom is 0.328 e. The largest absolute Gasteiger partial charge is 0.467 e. The van der Waals surface area contributed by atoms with Crippen LogP contribution >= 0.6 is 0 Å². The Morgan fingerprint density at radius 1 is 0.620 bits per heavy atom. The summed E-state index contributed by atoms with van der Waals surface area (Å²) in [6, 6.07) is 55.5. The molecule has 2 amide bonds. The minimum absolute atomic E-state index is 0. The number of nitrogens with zero attached hydrogens (tertiary/aromatic N) is 8. The Morgan fingerprint density at radius 3 is 1.41 bits per heavy atom. The molecule has 360 valence electrons. The minimum Gasteiger partial charge on any atom is -0.467 e. The predicted molar refractivity (Wildman–Crippen MR) is 272 cm³/mol. The average Bonchev–Trinajstić information content (AvgIpc) is 4.21. The molecule has 7 aromatic rings. The maximum atomic E-state index is 14.1. The lowest BCUT2D eigenvalue weighted by Crippen LogP contribution is -2.43. The van der Waals surface area contributed by atoms with E-state index >= 15 is 0 Å². The Hall–Kier alpha value is -8.79. The first kappa shape index (κ1) is 51.6. The first-order valence-electron chi connectivity index (χ1n) is 22.7. The number of terminal acetylenes is 1. The van der Waals surface area contributed by atoms with E-state index in [1.165, 1.54) is 19.1 Å². The summed E-state index contributed by atoms with van der Waals surface area (Å²) in [6.45, 7) is 0.525. The summed E-state index contributed by atoms with van der Waals surface area (Å²) in [4.78, 5) is 58.6. The number of ether oxygens (including phenoxy) is 2. The zero-order valence-electron chi connectivity index (χ0n) is 38.8. The number of likely N-dealkylation sites (tertiary alicyclic amines) is 2. The van der Waals surface area contributed by atoms with Crippen LogP contribution in [0.1, 0.15) is 66.0 Å². The molecule has 0 spiro atoms. The summed E-state index contributed by atoms with van der Waals surface area (Å²) >= 11 is 0. The van der Waals surface area contributed by atoms with Crippen LogP contribution in [0.5, 0.6) is 0 Å². The van der Waals surface area contributed by atoms with E-state index in [4.69, 9.17) is 21.4 Å². The summed E-state index contributed by atoms with van der Waals surface area (Å²) in [7, 11) is 2.65. The number of aromatic nitrogens is 3. The number of esters is 2. The molecule has 0 unspecified atom stereocenters. The van der Waals surface area contributed by atoms with E-state index in [0.29, 0.717) is 13.0 Å². The molecule has 0 bridgehead atoms. The monoisotopic (exact) mass is 948 g/mol. The normalized spacial score (nSPS) is 16.7. The van der Waals surface area contributed by atoms with Crippen molar-refractivity contribution in [2.75, 3.05) is 27.3 Å². The second-order valence-electron chi connectivity index (χ2n) is 16.5. The molecule has 0 N–H and O–H groups in total. The molecule has 2 aliphatic heterocycles. The van der Waals surface area contributed by atoms with Crippen molar-refractivity contribution in [3.63, 3.8) is 0 Å². The van der Waals surface area contributed by atoms with Gasteiger partial charge in [-0.3, -0.25) is 9.59 Å². The molecule has 0 saturated carbocycles. The number of methoxy groups -OCH3 is 2. The first-order valence-corrected chi connectivity index (χ1v) is 22.7. The lowest BCUT2D eigenvalue weighted by Gasteiger charge is -2.28. The van der Waals surface area contributed by atoms with Crippen molar-refractivity contribution in [2.45, 2.75) is 56.3 Å². The number of carbonyl (C=O) groups is 4. The number of hydrogen-bond acceptors (Lipinski definition) is 9. The van der Waals surface area contributed by atoms with Crippen LogP contribution in [-0.2, 0) is 28.7 Å². The summed E-state index contributed by atoms with van der Waals surface area (Å²) in [5, 5.41) is 12.2. The fraction of sp³-hybridized carbons (Fsp3) is 0.228. The number of benzene rings is 6.